The molecular weight excluding hydrogens is 293 g/mol. The second-order valence-electron chi connectivity index (χ2n) is 3.20. The molecule has 0 amide bonds. The summed E-state index contributed by atoms with van der Waals surface area (Å²) in [5.41, 5.74) is -1.92. The molecule has 0 aromatic carbocycles. The number of rotatable bonds is 0. The smallest absolute Gasteiger partial charge is 0.372 e. The van der Waals surface area contributed by atoms with E-state index in [2.05, 4.69) is 20.9 Å². The van der Waals surface area contributed by atoms with Gasteiger partial charge < -0.3 is 4.74 Å². The summed E-state index contributed by atoms with van der Waals surface area (Å²) in [6.45, 7) is 0.440. The summed E-state index contributed by atoms with van der Waals surface area (Å²) < 4.78 is 43.1. The molecule has 1 aromatic rings. The van der Waals surface area contributed by atoms with E-state index in [9.17, 15) is 18.0 Å². The fourth-order valence-electron chi connectivity index (χ4n) is 1.42. The molecule has 2 rings (SSSR count). The first kappa shape index (κ1) is 11.6. The van der Waals surface area contributed by atoms with Crippen LogP contribution in [0.4, 0.5) is 13.2 Å². The van der Waals surface area contributed by atoms with Crippen molar-refractivity contribution in [1.29, 1.82) is 0 Å². The minimum absolute atomic E-state index is 0.00627. The van der Waals surface area contributed by atoms with E-state index in [-0.39, 0.29) is 19.0 Å². The average Bonchev–Trinajstić information content (AvgIpc) is 2.22. The molecule has 1 aliphatic rings. The largest absolute Gasteiger partial charge is 0.434 e. The maximum Gasteiger partial charge on any atom is 0.434 e. The lowest BCUT2D eigenvalue weighted by Gasteiger charge is -2.19. The van der Waals surface area contributed by atoms with Crippen LogP contribution in [0.15, 0.2) is 9.27 Å². The summed E-state index contributed by atoms with van der Waals surface area (Å²) >= 11 is 2.64. The Kier molecular flexibility index (Phi) is 2.79. The van der Waals surface area contributed by atoms with Crippen LogP contribution in [0.25, 0.3) is 0 Å². The van der Waals surface area contributed by atoms with E-state index in [1.165, 1.54) is 4.57 Å². The normalized spacial score (nSPS) is 16.0. The molecule has 16 heavy (non-hydrogen) atoms. The molecule has 8 heteroatoms. The van der Waals surface area contributed by atoms with Gasteiger partial charge in [-0.3, -0.25) is 9.36 Å². The van der Waals surface area contributed by atoms with Gasteiger partial charge in [-0.2, -0.15) is 13.2 Å². The van der Waals surface area contributed by atoms with Gasteiger partial charge in [-0.05, 0) is 15.9 Å². The molecule has 0 bridgehead atoms. The van der Waals surface area contributed by atoms with Crippen LogP contribution in [0.5, 0.6) is 0 Å². The Hall–Kier alpha value is -0.890. The van der Waals surface area contributed by atoms with E-state index >= 15 is 0 Å². The predicted molar refractivity (Wildman–Crippen MR) is 50.9 cm³/mol. The molecule has 4 nitrogen and oxygen atoms in total. The van der Waals surface area contributed by atoms with E-state index in [1.54, 1.807) is 0 Å². The van der Waals surface area contributed by atoms with Gasteiger partial charge in [0, 0.05) is 0 Å². The van der Waals surface area contributed by atoms with Crippen LogP contribution in [0.1, 0.15) is 11.5 Å². The molecule has 0 spiro atoms. The Labute approximate surface area is 96.2 Å². The van der Waals surface area contributed by atoms with Gasteiger partial charge in [0.2, 0.25) is 0 Å². The Morgan fingerprint density at radius 3 is 2.75 bits per heavy atom. The van der Waals surface area contributed by atoms with Crippen LogP contribution >= 0.6 is 15.9 Å². The van der Waals surface area contributed by atoms with Crippen molar-refractivity contribution in [2.75, 3.05) is 6.61 Å². The van der Waals surface area contributed by atoms with Gasteiger partial charge in [0.25, 0.3) is 5.56 Å². The zero-order valence-corrected chi connectivity index (χ0v) is 9.43. The highest BCUT2D eigenvalue weighted by molar-refractivity contribution is 9.10. The maximum absolute atomic E-state index is 12.5. The summed E-state index contributed by atoms with van der Waals surface area (Å²) in [6, 6.07) is 0. The van der Waals surface area contributed by atoms with Gasteiger partial charge in [0.1, 0.15) is 16.9 Å². The van der Waals surface area contributed by atoms with Crippen LogP contribution in [0, 0.1) is 0 Å². The molecule has 0 N–H and O–H groups in total. The lowest BCUT2D eigenvalue weighted by molar-refractivity contribution is -0.142. The lowest BCUT2D eigenvalue weighted by Crippen LogP contribution is -2.34. The third-order valence-electron chi connectivity index (χ3n) is 2.15. The minimum atomic E-state index is -4.65. The molecular formula is C8H6BrF3N2O2. The molecule has 0 radical (unpaired) electrons. The van der Waals surface area contributed by atoms with E-state index in [1.807, 2.05) is 0 Å². The van der Waals surface area contributed by atoms with Crippen LogP contribution in [-0.2, 0) is 24.1 Å². The number of ether oxygens (including phenoxy) is 1. The van der Waals surface area contributed by atoms with Gasteiger partial charge in [0.15, 0.2) is 5.69 Å². The highest BCUT2D eigenvalue weighted by atomic mass is 79.9. The van der Waals surface area contributed by atoms with Crippen molar-refractivity contribution in [3.05, 3.63) is 26.3 Å². The third-order valence-corrected chi connectivity index (χ3v) is 2.87. The number of alkyl halides is 3. The van der Waals surface area contributed by atoms with Gasteiger partial charge >= 0.3 is 6.18 Å². The van der Waals surface area contributed by atoms with Gasteiger partial charge in [0.05, 0.1) is 13.2 Å². The summed E-state index contributed by atoms with van der Waals surface area (Å²) in [6.07, 6.45) is -4.65. The van der Waals surface area contributed by atoms with Gasteiger partial charge in [-0.15, -0.1) is 0 Å². The van der Waals surface area contributed by atoms with Crippen LogP contribution < -0.4 is 5.56 Å². The van der Waals surface area contributed by atoms with Crippen molar-refractivity contribution < 1.29 is 17.9 Å². The van der Waals surface area contributed by atoms with E-state index in [0.717, 1.165) is 0 Å². The fraction of sp³-hybridized carbons (Fsp3) is 0.500. The molecule has 0 saturated carbocycles. The second kappa shape index (κ2) is 3.85. The molecule has 0 atom stereocenters. The van der Waals surface area contributed by atoms with E-state index in [4.69, 9.17) is 4.74 Å². The lowest BCUT2D eigenvalue weighted by atomic mass is 10.3. The van der Waals surface area contributed by atoms with Crippen LogP contribution in [0.3, 0.4) is 0 Å². The van der Waals surface area contributed by atoms with Crippen LogP contribution in [-0.4, -0.2) is 16.2 Å². The SMILES string of the molecule is O=c1c(Br)c(C(F)(F)F)nc2n1CCOC2. The summed E-state index contributed by atoms with van der Waals surface area (Å²) in [5, 5.41) is 0. The second-order valence-corrected chi connectivity index (χ2v) is 3.99. The molecule has 88 valence electrons. The van der Waals surface area contributed by atoms with Crippen molar-refractivity contribution in [3.63, 3.8) is 0 Å². The topological polar surface area (TPSA) is 44.1 Å². The molecule has 0 fully saturated rings. The first-order valence-electron chi connectivity index (χ1n) is 4.35. The number of fused-ring (bicyclic) bond motifs is 1. The Bertz CT molecular complexity index is 483. The first-order valence-corrected chi connectivity index (χ1v) is 5.14. The number of nitrogens with zero attached hydrogens (tertiary/aromatic N) is 2. The number of aromatic nitrogens is 2. The fourth-order valence-corrected chi connectivity index (χ4v) is 1.95. The zero-order valence-electron chi connectivity index (χ0n) is 7.84. The molecule has 0 aliphatic carbocycles. The predicted octanol–water partition coefficient (Wildman–Crippen LogP) is 1.55. The molecule has 0 saturated heterocycles. The number of hydrogen-bond donors (Lipinski definition) is 0. The molecule has 1 aromatic heterocycles. The number of hydrogen-bond acceptors (Lipinski definition) is 3. The Balaban J connectivity index is 2.67. The van der Waals surface area contributed by atoms with Gasteiger partial charge in [-0.25, -0.2) is 4.98 Å². The van der Waals surface area contributed by atoms with Crippen molar-refractivity contribution >= 4 is 15.9 Å². The van der Waals surface area contributed by atoms with E-state index in [0.29, 0.717) is 6.61 Å². The minimum Gasteiger partial charge on any atom is -0.372 e. The van der Waals surface area contributed by atoms with Crippen LogP contribution in [0.2, 0.25) is 0 Å². The molecule has 2 heterocycles. The van der Waals surface area contributed by atoms with Gasteiger partial charge in [-0.1, -0.05) is 0 Å². The average molecular weight is 299 g/mol. The quantitative estimate of drug-likeness (QED) is 0.730. The highest BCUT2D eigenvalue weighted by Crippen LogP contribution is 2.31. The van der Waals surface area contributed by atoms with Crippen molar-refractivity contribution in [2.24, 2.45) is 0 Å². The summed E-state index contributed by atoms with van der Waals surface area (Å²) in [4.78, 5) is 15.0. The Morgan fingerprint density at radius 1 is 1.44 bits per heavy atom. The van der Waals surface area contributed by atoms with Crippen molar-refractivity contribution in [3.8, 4) is 0 Å². The molecule has 1 aliphatic heterocycles. The first-order chi connectivity index (χ1) is 7.41. The van der Waals surface area contributed by atoms with E-state index < -0.39 is 21.9 Å². The highest BCUT2D eigenvalue weighted by Gasteiger charge is 2.37. The summed E-state index contributed by atoms with van der Waals surface area (Å²) in [7, 11) is 0. The molecule has 0 unspecified atom stereocenters. The van der Waals surface area contributed by atoms with Crippen molar-refractivity contribution in [1.82, 2.24) is 9.55 Å². The number of halogens is 4. The van der Waals surface area contributed by atoms with Crippen molar-refractivity contribution in [2.45, 2.75) is 19.3 Å². The zero-order chi connectivity index (χ0) is 11.9. The monoisotopic (exact) mass is 298 g/mol. The standard InChI is InChI=1S/C8H6BrF3N2O2/c9-5-6(8(10,11)12)13-4-3-16-2-1-14(4)7(5)15/h1-3H2. The Morgan fingerprint density at radius 2 is 2.12 bits per heavy atom. The third kappa shape index (κ3) is 1.86. The summed E-state index contributed by atoms with van der Waals surface area (Å²) in [5.74, 6) is 0.00627. The maximum atomic E-state index is 12.5.